The van der Waals surface area contributed by atoms with Gasteiger partial charge in [0.1, 0.15) is 10.9 Å². The van der Waals surface area contributed by atoms with Crippen molar-refractivity contribution in [2.45, 2.75) is 11.8 Å². The Morgan fingerprint density at radius 1 is 1.24 bits per heavy atom. The van der Waals surface area contributed by atoms with Crippen LogP contribution >= 0.6 is 23.2 Å². The van der Waals surface area contributed by atoms with Gasteiger partial charge < -0.3 is 4.74 Å². The Bertz CT molecular complexity index is 751. The lowest BCUT2D eigenvalue weighted by Gasteiger charge is -2.13. The number of halogens is 2. The van der Waals surface area contributed by atoms with Crippen LogP contribution in [-0.2, 0) is 10.0 Å². The number of aromatic nitrogens is 1. The number of anilines is 1. The van der Waals surface area contributed by atoms with E-state index in [1.807, 2.05) is 0 Å². The lowest BCUT2D eigenvalue weighted by Crippen LogP contribution is -2.14. The van der Waals surface area contributed by atoms with Crippen molar-refractivity contribution in [2.75, 3.05) is 11.3 Å². The molecule has 2 rings (SSSR count). The fourth-order valence-electron chi connectivity index (χ4n) is 1.62. The molecule has 0 aliphatic carbocycles. The van der Waals surface area contributed by atoms with Gasteiger partial charge in [-0.3, -0.25) is 4.72 Å². The van der Waals surface area contributed by atoms with E-state index in [4.69, 9.17) is 27.9 Å². The molecule has 0 unspecified atom stereocenters. The monoisotopic (exact) mass is 346 g/mol. The van der Waals surface area contributed by atoms with Crippen molar-refractivity contribution < 1.29 is 13.2 Å². The van der Waals surface area contributed by atoms with Gasteiger partial charge in [-0.05, 0) is 37.3 Å². The van der Waals surface area contributed by atoms with E-state index in [2.05, 4.69) is 9.71 Å². The molecule has 0 fully saturated rings. The van der Waals surface area contributed by atoms with Crippen LogP contribution in [0.2, 0.25) is 10.2 Å². The molecular weight excluding hydrogens is 335 g/mol. The van der Waals surface area contributed by atoms with Gasteiger partial charge in [-0.2, -0.15) is 0 Å². The quantitative estimate of drug-likeness (QED) is 0.840. The first kappa shape index (κ1) is 15.9. The van der Waals surface area contributed by atoms with Crippen LogP contribution in [0, 0.1) is 0 Å². The molecule has 8 heteroatoms. The number of pyridine rings is 1. The van der Waals surface area contributed by atoms with Crippen LogP contribution < -0.4 is 9.46 Å². The van der Waals surface area contributed by atoms with Crippen molar-refractivity contribution in [1.29, 1.82) is 0 Å². The van der Waals surface area contributed by atoms with Crippen LogP contribution in [0.1, 0.15) is 6.92 Å². The van der Waals surface area contributed by atoms with E-state index in [1.165, 1.54) is 24.4 Å². The molecular formula is C13H12Cl2N2O3S. The van der Waals surface area contributed by atoms with Crippen molar-refractivity contribution in [3.8, 4) is 5.75 Å². The number of hydrogen-bond acceptors (Lipinski definition) is 4. The lowest BCUT2D eigenvalue weighted by molar-refractivity contribution is 0.342. The molecule has 1 heterocycles. The summed E-state index contributed by atoms with van der Waals surface area (Å²) in [5.41, 5.74) is 0.261. The third kappa shape index (κ3) is 4.00. The molecule has 0 saturated carbocycles. The minimum absolute atomic E-state index is 0.00456. The van der Waals surface area contributed by atoms with Crippen LogP contribution in [0.3, 0.4) is 0 Å². The molecule has 0 bridgehead atoms. The third-order valence-electron chi connectivity index (χ3n) is 2.49. The highest BCUT2D eigenvalue weighted by Crippen LogP contribution is 2.30. The first-order chi connectivity index (χ1) is 9.92. The molecule has 2 aromatic rings. The van der Waals surface area contributed by atoms with Gasteiger partial charge in [0.05, 0.1) is 17.2 Å². The summed E-state index contributed by atoms with van der Waals surface area (Å²) >= 11 is 11.6. The average molecular weight is 347 g/mol. The molecule has 5 nitrogen and oxygen atoms in total. The fourth-order valence-corrected chi connectivity index (χ4v) is 3.10. The number of nitrogens with zero attached hydrogens (tertiary/aromatic N) is 1. The van der Waals surface area contributed by atoms with E-state index in [0.717, 1.165) is 0 Å². The number of benzene rings is 1. The fraction of sp³-hybridized carbons (Fsp3) is 0.154. The van der Waals surface area contributed by atoms with E-state index >= 15 is 0 Å². The molecule has 1 aromatic heterocycles. The summed E-state index contributed by atoms with van der Waals surface area (Å²) in [4.78, 5) is 3.75. The number of sulfonamides is 1. The molecule has 0 spiro atoms. The first-order valence-electron chi connectivity index (χ1n) is 5.99. The molecule has 1 aromatic carbocycles. The van der Waals surface area contributed by atoms with Gasteiger partial charge in [0.25, 0.3) is 10.0 Å². The standard InChI is InChI=1S/C13H12Cl2N2O3S/c1-2-20-12-4-3-9(14)7-11(12)17-21(18,19)10-5-6-16-13(15)8-10/h3-8,17H,2H2,1H3. The highest BCUT2D eigenvalue weighted by molar-refractivity contribution is 7.92. The molecule has 1 N–H and O–H groups in total. The molecule has 0 saturated heterocycles. The number of ether oxygens (including phenoxy) is 1. The highest BCUT2D eigenvalue weighted by Gasteiger charge is 2.17. The van der Waals surface area contributed by atoms with E-state index < -0.39 is 10.0 Å². The number of hydrogen-bond donors (Lipinski definition) is 1. The maximum absolute atomic E-state index is 12.3. The Hall–Kier alpha value is -1.50. The predicted molar refractivity (Wildman–Crippen MR) is 82.7 cm³/mol. The second kappa shape index (κ2) is 6.51. The highest BCUT2D eigenvalue weighted by atomic mass is 35.5. The van der Waals surface area contributed by atoms with E-state index in [0.29, 0.717) is 17.4 Å². The first-order valence-corrected chi connectivity index (χ1v) is 8.23. The van der Waals surface area contributed by atoms with Crippen molar-refractivity contribution in [3.63, 3.8) is 0 Å². The molecule has 0 aliphatic rings. The molecule has 0 amide bonds. The van der Waals surface area contributed by atoms with Crippen molar-refractivity contribution in [1.82, 2.24) is 4.98 Å². The van der Waals surface area contributed by atoms with Crippen molar-refractivity contribution >= 4 is 38.9 Å². The Balaban J connectivity index is 2.38. The maximum atomic E-state index is 12.3. The zero-order valence-corrected chi connectivity index (χ0v) is 13.3. The summed E-state index contributed by atoms with van der Waals surface area (Å²) in [5.74, 6) is 0.394. The maximum Gasteiger partial charge on any atom is 0.262 e. The van der Waals surface area contributed by atoms with Gasteiger partial charge in [0, 0.05) is 11.2 Å². The third-order valence-corrected chi connectivity index (χ3v) is 4.30. The summed E-state index contributed by atoms with van der Waals surface area (Å²) in [5, 5.41) is 0.484. The summed E-state index contributed by atoms with van der Waals surface area (Å²) in [6.07, 6.45) is 1.32. The molecule has 0 aliphatic heterocycles. The smallest absolute Gasteiger partial charge is 0.262 e. The second-order valence-electron chi connectivity index (χ2n) is 3.99. The van der Waals surface area contributed by atoms with Crippen LogP contribution in [0.15, 0.2) is 41.4 Å². The Morgan fingerprint density at radius 2 is 2.00 bits per heavy atom. The predicted octanol–water partition coefficient (Wildman–Crippen LogP) is 3.59. The zero-order chi connectivity index (χ0) is 15.5. The lowest BCUT2D eigenvalue weighted by atomic mass is 10.3. The number of nitrogens with one attached hydrogen (secondary N) is 1. The van der Waals surface area contributed by atoms with Crippen LogP contribution in [-0.4, -0.2) is 20.0 Å². The van der Waals surface area contributed by atoms with E-state index in [-0.39, 0.29) is 15.7 Å². The van der Waals surface area contributed by atoms with Crippen LogP contribution in [0.5, 0.6) is 5.75 Å². The SMILES string of the molecule is CCOc1ccc(Cl)cc1NS(=O)(=O)c1ccnc(Cl)c1. The normalized spacial score (nSPS) is 11.2. The minimum atomic E-state index is -3.81. The van der Waals surface area contributed by atoms with E-state index in [1.54, 1.807) is 19.1 Å². The number of rotatable bonds is 5. The van der Waals surface area contributed by atoms with Gasteiger partial charge in [0.15, 0.2) is 0 Å². The minimum Gasteiger partial charge on any atom is -0.492 e. The summed E-state index contributed by atoms with van der Waals surface area (Å²) in [6, 6.07) is 7.30. The Kier molecular flexibility index (Phi) is 4.92. The molecule has 21 heavy (non-hydrogen) atoms. The topological polar surface area (TPSA) is 68.3 Å². The summed E-state index contributed by atoms with van der Waals surface area (Å²) in [7, 11) is -3.81. The summed E-state index contributed by atoms with van der Waals surface area (Å²) in [6.45, 7) is 2.20. The summed E-state index contributed by atoms with van der Waals surface area (Å²) < 4.78 is 32.5. The Labute approximate surface area is 132 Å². The van der Waals surface area contributed by atoms with Gasteiger partial charge in [-0.15, -0.1) is 0 Å². The molecule has 0 atom stereocenters. The Morgan fingerprint density at radius 3 is 2.67 bits per heavy atom. The van der Waals surface area contributed by atoms with Gasteiger partial charge in [0.2, 0.25) is 0 Å². The largest absolute Gasteiger partial charge is 0.492 e. The molecule has 112 valence electrons. The van der Waals surface area contributed by atoms with Crippen molar-refractivity contribution in [3.05, 3.63) is 46.7 Å². The zero-order valence-electron chi connectivity index (χ0n) is 11.0. The van der Waals surface area contributed by atoms with Gasteiger partial charge in [-0.1, -0.05) is 23.2 Å². The van der Waals surface area contributed by atoms with E-state index in [9.17, 15) is 8.42 Å². The van der Waals surface area contributed by atoms with Gasteiger partial charge >= 0.3 is 0 Å². The van der Waals surface area contributed by atoms with Crippen molar-refractivity contribution in [2.24, 2.45) is 0 Å². The average Bonchev–Trinajstić information content (AvgIpc) is 2.42. The van der Waals surface area contributed by atoms with Crippen LogP contribution in [0.25, 0.3) is 0 Å². The molecule has 0 radical (unpaired) electrons. The van der Waals surface area contributed by atoms with Gasteiger partial charge in [-0.25, -0.2) is 13.4 Å². The van der Waals surface area contributed by atoms with Crippen LogP contribution in [0.4, 0.5) is 5.69 Å². The second-order valence-corrected chi connectivity index (χ2v) is 6.50.